The number of hydrogen-bond acceptors (Lipinski definition) is 2. The SMILES string of the molecule is CC(C)CNC(=O)C(C)(C)P(=O)(O)O. The zero-order valence-corrected chi connectivity index (χ0v) is 9.84. The van der Waals surface area contributed by atoms with Gasteiger partial charge in [-0.3, -0.25) is 9.36 Å². The molecular formula is C8H18NO4P. The van der Waals surface area contributed by atoms with Gasteiger partial charge in [-0.2, -0.15) is 0 Å². The fraction of sp³-hybridized carbons (Fsp3) is 0.875. The Hall–Kier alpha value is -0.380. The first-order valence-electron chi connectivity index (χ1n) is 4.43. The molecule has 0 saturated heterocycles. The van der Waals surface area contributed by atoms with Crippen LogP contribution in [0.25, 0.3) is 0 Å². The molecule has 84 valence electrons. The zero-order valence-electron chi connectivity index (χ0n) is 8.94. The van der Waals surface area contributed by atoms with Gasteiger partial charge in [0.1, 0.15) is 5.16 Å². The molecule has 0 aromatic heterocycles. The number of carbonyl (C=O) groups is 1. The second-order valence-corrected chi connectivity index (χ2v) is 6.41. The lowest BCUT2D eigenvalue weighted by atomic mass is 10.1. The molecule has 0 radical (unpaired) electrons. The van der Waals surface area contributed by atoms with Crippen LogP contribution in [0.4, 0.5) is 0 Å². The number of nitrogens with one attached hydrogen (secondary N) is 1. The fourth-order valence-electron chi connectivity index (χ4n) is 0.645. The number of hydrogen-bond donors (Lipinski definition) is 3. The predicted octanol–water partition coefficient (Wildman–Crippen LogP) is 0.715. The van der Waals surface area contributed by atoms with Crippen molar-refractivity contribution in [2.75, 3.05) is 6.54 Å². The Morgan fingerprint density at radius 3 is 2.14 bits per heavy atom. The van der Waals surface area contributed by atoms with E-state index in [1.54, 1.807) is 0 Å². The Morgan fingerprint density at radius 2 is 1.86 bits per heavy atom. The molecule has 0 atom stereocenters. The minimum atomic E-state index is -4.40. The van der Waals surface area contributed by atoms with E-state index in [4.69, 9.17) is 9.79 Å². The Balaban J connectivity index is 4.46. The third-order valence-electron chi connectivity index (χ3n) is 1.95. The van der Waals surface area contributed by atoms with E-state index in [9.17, 15) is 9.36 Å². The maximum Gasteiger partial charge on any atom is 0.340 e. The highest BCUT2D eigenvalue weighted by atomic mass is 31.2. The Morgan fingerprint density at radius 1 is 1.43 bits per heavy atom. The first kappa shape index (κ1) is 13.6. The van der Waals surface area contributed by atoms with Crippen LogP contribution in [0.2, 0.25) is 0 Å². The van der Waals surface area contributed by atoms with Gasteiger partial charge in [-0.15, -0.1) is 0 Å². The Labute approximate surface area is 84.1 Å². The summed E-state index contributed by atoms with van der Waals surface area (Å²) in [5.41, 5.74) is 0. The first-order valence-corrected chi connectivity index (χ1v) is 6.04. The highest BCUT2D eigenvalue weighted by molar-refractivity contribution is 7.54. The molecule has 0 aliphatic carbocycles. The lowest BCUT2D eigenvalue weighted by molar-refractivity contribution is -0.123. The summed E-state index contributed by atoms with van der Waals surface area (Å²) < 4.78 is 11.0. The van der Waals surface area contributed by atoms with Crippen LogP contribution in [0.5, 0.6) is 0 Å². The van der Waals surface area contributed by atoms with Crippen LogP contribution in [-0.4, -0.2) is 27.4 Å². The van der Waals surface area contributed by atoms with Crippen LogP contribution in [-0.2, 0) is 9.36 Å². The summed E-state index contributed by atoms with van der Waals surface area (Å²) in [5.74, 6) is -0.356. The van der Waals surface area contributed by atoms with Crippen LogP contribution >= 0.6 is 7.60 Å². The van der Waals surface area contributed by atoms with Crippen molar-refractivity contribution in [2.24, 2.45) is 5.92 Å². The van der Waals surface area contributed by atoms with Gasteiger partial charge in [0, 0.05) is 6.54 Å². The molecule has 0 unspecified atom stereocenters. The molecule has 5 nitrogen and oxygen atoms in total. The number of rotatable bonds is 4. The van der Waals surface area contributed by atoms with E-state index in [2.05, 4.69) is 5.32 Å². The van der Waals surface area contributed by atoms with Crippen LogP contribution in [0, 0.1) is 5.92 Å². The summed E-state index contributed by atoms with van der Waals surface area (Å²) in [6.07, 6.45) is 0. The lowest BCUT2D eigenvalue weighted by Gasteiger charge is -2.24. The Bertz CT molecular complexity index is 256. The molecule has 0 rings (SSSR count). The van der Waals surface area contributed by atoms with Crippen molar-refractivity contribution in [2.45, 2.75) is 32.9 Å². The van der Waals surface area contributed by atoms with E-state index in [1.165, 1.54) is 13.8 Å². The molecule has 0 heterocycles. The number of carbonyl (C=O) groups excluding carboxylic acids is 1. The van der Waals surface area contributed by atoms with E-state index in [-0.39, 0.29) is 5.92 Å². The summed E-state index contributed by atoms with van der Waals surface area (Å²) in [6.45, 7) is 6.71. The van der Waals surface area contributed by atoms with Crippen LogP contribution < -0.4 is 5.32 Å². The van der Waals surface area contributed by atoms with Crippen molar-refractivity contribution < 1.29 is 19.1 Å². The standard InChI is InChI=1S/C8H18NO4P/c1-6(2)5-9-7(10)8(3,4)14(11,12)13/h6H,5H2,1-4H3,(H,9,10)(H2,11,12,13). The van der Waals surface area contributed by atoms with Gasteiger partial charge in [0.2, 0.25) is 5.91 Å². The smallest absolute Gasteiger partial charge is 0.340 e. The monoisotopic (exact) mass is 223 g/mol. The third kappa shape index (κ3) is 3.40. The van der Waals surface area contributed by atoms with Crippen molar-refractivity contribution in [3.8, 4) is 0 Å². The topological polar surface area (TPSA) is 86.6 Å². The number of amides is 1. The molecule has 0 aromatic carbocycles. The van der Waals surface area contributed by atoms with E-state index in [0.29, 0.717) is 6.54 Å². The molecule has 14 heavy (non-hydrogen) atoms. The quantitative estimate of drug-likeness (QED) is 0.613. The first-order chi connectivity index (χ1) is 6.09. The van der Waals surface area contributed by atoms with Gasteiger partial charge in [-0.05, 0) is 19.8 Å². The molecular weight excluding hydrogens is 205 g/mol. The zero-order chi connectivity index (χ0) is 11.6. The molecule has 0 bridgehead atoms. The van der Waals surface area contributed by atoms with Crippen LogP contribution in [0.1, 0.15) is 27.7 Å². The van der Waals surface area contributed by atoms with Crippen molar-refractivity contribution in [3.05, 3.63) is 0 Å². The van der Waals surface area contributed by atoms with Crippen molar-refractivity contribution in [3.63, 3.8) is 0 Å². The average molecular weight is 223 g/mol. The Kier molecular flexibility index (Phi) is 4.31. The van der Waals surface area contributed by atoms with Gasteiger partial charge in [-0.25, -0.2) is 0 Å². The summed E-state index contributed by atoms with van der Waals surface area (Å²) in [6, 6.07) is 0. The molecule has 0 saturated carbocycles. The fourth-order valence-corrected chi connectivity index (χ4v) is 0.989. The van der Waals surface area contributed by atoms with Gasteiger partial charge in [0.15, 0.2) is 0 Å². The molecule has 6 heteroatoms. The van der Waals surface area contributed by atoms with Crippen LogP contribution in [0.3, 0.4) is 0 Å². The van der Waals surface area contributed by atoms with E-state index >= 15 is 0 Å². The van der Waals surface area contributed by atoms with Gasteiger partial charge < -0.3 is 15.1 Å². The minimum absolute atomic E-state index is 0.256. The molecule has 0 aliphatic rings. The summed E-state index contributed by atoms with van der Waals surface area (Å²) in [5, 5.41) is 0.847. The van der Waals surface area contributed by atoms with Gasteiger partial charge in [0.25, 0.3) is 0 Å². The summed E-state index contributed by atoms with van der Waals surface area (Å²) >= 11 is 0. The molecule has 0 spiro atoms. The molecule has 1 amide bonds. The van der Waals surface area contributed by atoms with Crippen LogP contribution in [0.15, 0.2) is 0 Å². The molecule has 0 aromatic rings. The van der Waals surface area contributed by atoms with E-state index in [1.807, 2.05) is 13.8 Å². The maximum atomic E-state index is 11.4. The molecule has 0 aliphatic heterocycles. The normalized spacial score (nSPS) is 13.1. The van der Waals surface area contributed by atoms with Gasteiger partial charge in [-0.1, -0.05) is 13.8 Å². The molecule has 0 fully saturated rings. The lowest BCUT2D eigenvalue weighted by Crippen LogP contribution is -2.43. The van der Waals surface area contributed by atoms with E-state index in [0.717, 1.165) is 0 Å². The van der Waals surface area contributed by atoms with Crippen molar-refractivity contribution in [1.82, 2.24) is 5.32 Å². The highest BCUT2D eigenvalue weighted by Crippen LogP contribution is 2.49. The largest absolute Gasteiger partial charge is 0.355 e. The van der Waals surface area contributed by atoms with Gasteiger partial charge in [0.05, 0.1) is 0 Å². The van der Waals surface area contributed by atoms with E-state index < -0.39 is 18.7 Å². The second-order valence-electron chi connectivity index (χ2n) is 4.21. The minimum Gasteiger partial charge on any atom is -0.355 e. The molecule has 3 N–H and O–H groups in total. The summed E-state index contributed by atoms with van der Waals surface area (Å²) in [4.78, 5) is 29.3. The van der Waals surface area contributed by atoms with Gasteiger partial charge >= 0.3 is 7.60 Å². The second kappa shape index (κ2) is 4.43. The highest BCUT2D eigenvalue weighted by Gasteiger charge is 2.44. The maximum absolute atomic E-state index is 11.4. The van der Waals surface area contributed by atoms with Crippen molar-refractivity contribution >= 4 is 13.5 Å². The third-order valence-corrected chi connectivity index (χ3v) is 3.61. The predicted molar refractivity (Wildman–Crippen MR) is 54.0 cm³/mol. The van der Waals surface area contributed by atoms with Crippen molar-refractivity contribution in [1.29, 1.82) is 0 Å². The summed E-state index contributed by atoms with van der Waals surface area (Å²) in [7, 11) is -4.40. The average Bonchev–Trinajstić information content (AvgIpc) is 1.97.